The Bertz CT molecular complexity index is 616. The van der Waals surface area contributed by atoms with Gasteiger partial charge in [0, 0.05) is 13.6 Å². The number of nitrogens with two attached hydrogens (primary N) is 1. The molecule has 0 radical (unpaired) electrons. The SMILES string of the molecule is CC(C)C1CN(C)c2cc(S(=O)(=O)NCCCN)ccc2O1. The maximum atomic E-state index is 12.3. The third-order valence-electron chi connectivity index (χ3n) is 3.80. The van der Waals surface area contributed by atoms with Crippen LogP contribution in [0, 0.1) is 5.92 Å². The number of anilines is 1. The topological polar surface area (TPSA) is 84.7 Å². The Morgan fingerprint density at radius 2 is 2.18 bits per heavy atom. The van der Waals surface area contributed by atoms with E-state index in [1.165, 1.54) is 0 Å². The number of nitrogens with one attached hydrogen (secondary N) is 1. The number of benzene rings is 1. The molecule has 1 aliphatic heterocycles. The van der Waals surface area contributed by atoms with Crippen molar-refractivity contribution >= 4 is 15.7 Å². The fraction of sp³-hybridized carbons (Fsp3) is 0.600. The fourth-order valence-electron chi connectivity index (χ4n) is 2.37. The second-order valence-electron chi connectivity index (χ2n) is 5.95. The summed E-state index contributed by atoms with van der Waals surface area (Å²) in [5, 5.41) is 0. The molecule has 22 heavy (non-hydrogen) atoms. The normalized spacial score (nSPS) is 18.2. The second kappa shape index (κ2) is 6.85. The van der Waals surface area contributed by atoms with Gasteiger partial charge in [-0.3, -0.25) is 0 Å². The molecule has 1 atom stereocenters. The molecule has 0 aliphatic carbocycles. The Kier molecular flexibility index (Phi) is 5.31. The van der Waals surface area contributed by atoms with Crippen LogP contribution in [0.5, 0.6) is 5.75 Å². The Labute approximate surface area is 132 Å². The molecule has 0 saturated heterocycles. The molecule has 0 bridgehead atoms. The average Bonchev–Trinajstić information content (AvgIpc) is 2.46. The molecule has 0 spiro atoms. The molecule has 124 valence electrons. The monoisotopic (exact) mass is 327 g/mol. The molecule has 1 unspecified atom stereocenters. The van der Waals surface area contributed by atoms with Crippen molar-refractivity contribution in [2.45, 2.75) is 31.3 Å². The van der Waals surface area contributed by atoms with E-state index in [4.69, 9.17) is 10.5 Å². The highest BCUT2D eigenvalue weighted by atomic mass is 32.2. The summed E-state index contributed by atoms with van der Waals surface area (Å²) in [5.74, 6) is 1.13. The van der Waals surface area contributed by atoms with Crippen molar-refractivity contribution < 1.29 is 13.2 Å². The molecule has 2 rings (SSSR count). The second-order valence-corrected chi connectivity index (χ2v) is 7.72. The van der Waals surface area contributed by atoms with Crippen LogP contribution in [-0.4, -0.2) is 41.2 Å². The van der Waals surface area contributed by atoms with Crippen LogP contribution in [0.3, 0.4) is 0 Å². The summed E-state index contributed by atoms with van der Waals surface area (Å²) in [6.45, 7) is 5.78. The average molecular weight is 327 g/mol. The standard InChI is InChI=1S/C15H25N3O3S/c1-11(2)15-10-18(3)13-9-12(5-6-14(13)21-15)22(19,20)17-8-4-7-16/h5-6,9,11,15,17H,4,7-8,10,16H2,1-3H3. The Hall–Kier alpha value is -1.31. The first-order chi connectivity index (χ1) is 10.3. The number of likely N-dealkylation sites (N-methyl/N-ethyl adjacent to an activating group) is 1. The first-order valence-electron chi connectivity index (χ1n) is 7.56. The van der Waals surface area contributed by atoms with E-state index in [2.05, 4.69) is 18.6 Å². The van der Waals surface area contributed by atoms with Crippen molar-refractivity contribution in [2.75, 3.05) is 31.6 Å². The molecule has 7 heteroatoms. The summed E-state index contributed by atoms with van der Waals surface area (Å²) in [5.41, 5.74) is 6.19. The van der Waals surface area contributed by atoms with Crippen LogP contribution in [0.2, 0.25) is 0 Å². The first-order valence-corrected chi connectivity index (χ1v) is 9.05. The lowest BCUT2D eigenvalue weighted by atomic mass is 10.0. The van der Waals surface area contributed by atoms with Crippen LogP contribution in [0.1, 0.15) is 20.3 Å². The van der Waals surface area contributed by atoms with Gasteiger partial charge in [0.15, 0.2) is 0 Å². The van der Waals surface area contributed by atoms with Crippen LogP contribution in [0.25, 0.3) is 0 Å². The number of ether oxygens (including phenoxy) is 1. The lowest BCUT2D eigenvalue weighted by Gasteiger charge is -2.36. The minimum atomic E-state index is -3.51. The minimum Gasteiger partial charge on any atom is -0.486 e. The summed E-state index contributed by atoms with van der Waals surface area (Å²) < 4.78 is 33.0. The van der Waals surface area contributed by atoms with Gasteiger partial charge in [0.05, 0.1) is 17.1 Å². The maximum absolute atomic E-state index is 12.3. The molecule has 1 heterocycles. The Balaban J connectivity index is 2.23. The summed E-state index contributed by atoms with van der Waals surface area (Å²) in [6.07, 6.45) is 0.728. The Morgan fingerprint density at radius 3 is 2.82 bits per heavy atom. The largest absolute Gasteiger partial charge is 0.486 e. The zero-order chi connectivity index (χ0) is 16.3. The molecule has 0 amide bonds. The highest BCUT2D eigenvalue weighted by molar-refractivity contribution is 7.89. The molecule has 0 saturated carbocycles. The van der Waals surface area contributed by atoms with Crippen LogP contribution in [0.4, 0.5) is 5.69 Å². The van der Waals surface area contributed by atoms with Gasteiger partial charge in [-0.05, 0) is 37.1 Å². The van der Waals surface area contributed by atoms with Gasteiger partial charge >= 0.3 is 0 Å². The molecule has 0 aromatic heterocycles. The molecule has 0 fully saturated rings. The Morgan fingerprint density at radius 1 is 1.45 bits per heavy atom. The molecule has 6 nitrogen and oxygen atoms in total. The zero-order valence-electron chi connectivity index (χ0n) is 13.4. The van der Waals surface area contributed by atoms with E-state index >= 15 is 0 Å². The number of rotatable bonds is 6. The number of hydrogen-bond donors (Lipinski definition) is 2. The summed E-state index contributed by atoms with van der Waals surface area (Å²) >= 11 is 0. The van der Waals surface area contributed by atoms with Gasteiger partial charge in [0.2, 0.25) is 10.0 Å². The van der Waals surface area contributed by atoms with Gasteiger partial charge in [-0.2, -0.15) is 0 Å². The first kappa shape index (κ1) is 17.1. The van der Waals surface area contributed by atoms with E-state index in [9.17, 15) is 8.42 Å². The predicted octanol–water partition coefficient (Wildman–Crippen LogP) is 1.17. The van der Waals surface area contributed by atoms with Crippen molar-refractivity contribution in [3.8, 4) is 5.75 Å². The summed E-state index contributed by atoms with van der Waals surface area (Å²) in [7, 11) is -1.55. The van der Waals surface area contributed by atoms with Crippen molar-refractivity contribution in [3.63, 3.8) is 0 Å². The van der Waals surface area contributed by atoms with Crippen molar-refractivity contribution in [2.24, 2.45) is 11.7 Å². The van der Waals surface area contributed by atoms with Gasteiger partial charge < -0.3 is 15.4 Å². The number of hydrogen-bond acceptors (Lipinski definition) is 5. The predicted molar refractivity (Wildman–Crippen MR) is 87.8 cm³/mol. The lowest BCUT2D eigenvalue weighted by Crippen LogP contribution is -2.40. The van der Waals surface area contributed by atoms with Crippen molar-refractivity contribution in [1.29, 1.82) is 0 Å². The van der Waals surface area contributed by atoms with Gasteiger partial charge in [0.1, 0.15) is 11.9 Å². The van der Waals surface area contributed by atoms with Crippen LogP contribution in [0.15, 0.2) is 23.1 Å². The van der Waals surface area contributed by atoms with Crippen LogP contribution < -0.4 is 20.1 Å². The third kappa shape index (κ3) is 3.71. The quantitative estimate of drug-likeness (QED) is 0.766. The summed E-state index contributed by atoms with van der Waals surface area (Å²) in [4.78, 5) is 2.30. The van der Waals surface area contributed by atoms with Crippen LogP contribution in [-0.2, 0) is 10.0 Å². The van der Waals surface area contributed by atoms with Crippen molar-refractivity contribution in [3.05, 3.63) is 18.2 Å². The highest BCUT2D eigenvalue weighted by Gasteiger charge is 2.27. The van der Waals surface area contributed by atoms with Gasteiger partial charge in [-0.15, -0.1) is 0 Å². The van der Waals surface area contributed by atoms with Crippen molar-refractivity contribution in [1.82, 2.24) is 4.72 Å². The number of fused-ring (bicyclic) bond motifs is 1. The van der Waals surface area contributed by atoms with E-state index in [-0.39, 0.29) is 11.0 Å². The van der Waals surface area contributed by atoms with Gasteiger partial charge in [0.25, 0.3) is 0 Å². The van der Waals surface area contributed by atoms with Gasteiger partial charge in [-0.25, -0.2) is 13.1 Å². The summed E-state index contributed by atoms with van der Waals surface area (Å²) in [6, 6.07) is 4.98. The number of nitrogens with zero attached hydrogens (tertiary/aromatic N) is 1. The van der Waals surface area contributed by atoms with Gasteiger partial charge in [-0.1, -0.05) is 13.8 Å². The maximum Gasteiger partial charge on any atom is 0.240 e. The molecule has 1 aromatic rings. The molecule has 3 N–H and O–H groups in total. The van der Waals surface area contributed by atoms with E-state index in [1.54, 1.807) is 18.2 Å². The van der Waals surface area contributed by atoms with E-state index in [1.807, 2.05) is 11.9 Å². The van der Waals surface area contributed by atoms with Crippen LogP contribution >= 0.6 is 0 Å². The molecular weight excluding hydrogens is 302 g/mol. The number of sulfonamides is 1. The van der Waals surface area contributed by atoms with E-state index in [0.717, 1.165) is 18.0 Å². The molecule has 1 aromatic carbocycles. The highest BCUT2D eigenvalue weighted by Crippen LogP contribution is 2.35. The van der Waals surface area contributed by atoms with E-state index < -0.39 is 10.0 Å². The fourth-order valence-corrected chi connectivity index (χ4v) is 3.46. The molecule has 1 aliphatic rings. The smallest absolute Gasteiger partial charge is 0.240 e. The third-order valence-corrected chi connectivity index (χ3v) is 5.26. The lowest BCUT2D eigenvalue weighted by molar-refractivity contribution is 0.147. The minimum absolute atomic E-state index is 0.114. The molecular formula is C15H25N3O3S. The van der Waals surface area contributed by atoms with E-state index in [0.29, 0.717) is 25.4 Å². The zero-order valence-corrected chi connectivity index (χ0v) is 14.2.